The largest absolute Gasteiger partial charge is 0.320 e. The van der Waals surface area contributed by atoms with E-state index in [0.29, 0.717) is 12.8 Å². The third-order valence-corrected chi connectivity index (χ3v) is 4.09. The zero-order valence-electron chi connectivity index (χ0n) is 10.9. The van der Waals surface area contributed by atoms with E-state index in [2.05, 4.69) is 5.10 Å². The van der Waals surface area contributed by atoms with Gasteiger partial charge in [0.05, 0.1) is 16.7 Å². The lowest BCUT2D eigenvalue weighted by Crippen LogP contribution is -2.44. The summed E-state index contributed by atoms with van der Waals surface area (Å²) in [5.41, 5.74) is 7.45. The molecule has 0 amide bonds. The van der Waals surface area contributed by atoms with Crippen molar-refractivity contribution in [2.45, 2.75) is 37.1 Å². The monoisotopic (exact) mass is 265 g/mol. The molecule has 0 saturated heterocycles. The number of nitrogens with zero attached hydrogens (tertiary/aromatic N) is 2. The number of benzene rings is 1. The van der Waals surface area contributed by atoms with Crippen molar-refractivity contribution in [1.82, 2.24) is 9.78 Å². The van der Waals surface area contributed by atoms with Gasteiger partial charge in [0.15, 0.2) is 0 Å². The van der Waals surface area contributed by atoms with Crippen LogP contribution >= 0.6 is 0 Å². The highest BCUT2D eigenvalue weighted by Crippen LogP contribution is 2.43. The number of hydrogen-bond donors (Lipinski definition) is 1. The number of nitrogens with two attached hydrogens (primary N) is 1. The van der Waals surface area contributed by atoms with Crippen LogP contribution in [0.1, 0.15) is 31.4 Å². The number of halogens is 2. The Morgan fingerprint density at radius 1 is 1.16 bits per heavy atom. The van der Waals surface area contributed by atoms with E-state index in [1.807, 2.05) is 31.3 Å². The minimum atomic E-state index is -2.57. The molecule has 2 N–H and O–H groups in total. The molecule has 1 aromatic carbocycles. The summed E-state index contributed by atoms with van der Waals surface area (Å²) in [6.07, 6.45) is 0.291. The average Bonchev–Trinajstić information content (AvgIpc) is 2.70. The fourth-order valence-electron chi connectivity index (χ4n) is 3.04. The first-order chi connectivity index (χ1) is 8.91. The molecule has 1 saturated carbocycles. The van der Waals surface area contributed by atoms with Gasteiger partial charge in [0, 0.05) is 25.3 Å². The van der Waals surface area contributed by atoms with Crippen molar-refractivity contribution in [1.29, 1.82) is 0 Å². The lowest BCUT2D eigenvalue weighted by atomic mass is 9.77. The molecular weight excluding hydrogens is 248 g/mol. The molecule has 0 radical (unpaired) electrons. The van der Waals surface area contributed by atoms with Crippen LogP contribution in [0, 0.1) is 0 Å². The second kappa shape index (κ2) is 4.00. The quantitative estimate of drug-likeness (QED) is 0.861. The minimum absolute atomic E-state index is 0.150. The summed E-state index contributed by atoms with van der Waals surface area (Å²) in [7, 11) is 1.83. The molecule has 1 aromatic heterocycles. The summed E-state index contributed by atoms with van der Waals surface area (Å²) in [6.45, 7) is 0. The maximum atomic E-state index is 13.3. The van der Waals surface area contributed by atoms with Gasteiger partial charge >= 0.3 is 0 Å². The van der Waals surface area contributed by atoms with Gasteiger partial charge in [0.1, 0.15) is 0 Å². The summed E-state index contributed by atoms with van der Waals surface area (Å²) in [5.74, 6) is -2.57. The molecule has 3 nitrogen and oxygen atoms in total. The first-order valence-electron chi connectivity index (χ1n) is 6.50. The van der Waals surface area contributed by atoms with E-state index >= 15 is 0 Å². The van der Waals surface area contributed by atoms with Gasteiger partial charge in [-0.2, -0.15) is 5.10 Å². The number of aromatic nitrogens is 2. The van der Waals surface area contributed by atoms with E-state index in [0.717, 1.165) is 16.6 Å². The number of aryl methyl sites for hydroxylation is 1. The van der Waals surface area contributed by atoms with Gasteiger partial charge in [0.25, 0.3) is 0 Å². The molecule has 5 heteroatoms. The molecule has 1 fully saturated rings. The fourth-order valence-corrected chi connectivity index (χ4v) is 3.04. The predicted molar refractivity (Wildman–Crippen MR) is 70.0 cm³/mol. The maximum Gasteiger partial charge on any atom is 0.248 e. The average molecular weight is 265 g/mol. The normalized spacial score (nSPS) is 21.7. The van der Waals surface area contributed by atoms with Gasteiger partial charge < -0.3 is 5.73 Å². The lowest BCUT2D eigenvalue weighted by Gasteiger charge is -2.37. The third-order valence-electron chi connectivity index (χ3n) is 4.09. The zero-order chi connectivity index (χ0) is 13.7. The standard InChI is InChI=1S/C14H17F2N3/c1-19-12(10-4-2-3-5-11(10)18-19)13(17)6-8-14(15,16)9-7-13/h2-5H,6-9,17H2,1H3. The Balaban J connectivity index is 2.07. The Labute approximate surface area is 110 Å². The van der Waals surface area contributed by atoms with E-state index in [1.165, 1.54) is 0 Å². The third kappa shape index (κ3) is 2.02. The molecule has 0 unspecified atom stereocenters. The van der Waals surface area contributed by atoms with Crippen LogP contribution in [-0.2, 0) is 12.6 Å². The van der Waals surface area contributed by atoms with Gasteiger partial charge in [-0.05, 0) is 18.9 Å². The molecule has 1 aliphatic carbocycles. The Kier molecular flexibility index (Phi) is 2.64. The number of hydrogen-bond acceptors (Lipinski definition) is 2. The zero-order valence-corrected chi connectivity index (χ0v) is 10.9. The number of alkyl halides is 2. The summed E-state index contributed by atoms with van der Waals surface area (Å²) >= 11 is 0. The van der Waals surface area contributed by atoms with Crippen molar-refractivity contribution >= 4 is 10.9 Å². The van der Waals surface area contributed by atoms with E-state index in [1.54, 1.807) is 4.68 Å². The molecule has 0 atom stereocenters. The summed E-state index contributed by atoms with van der Waals surface area (Å²) in [6, 6.07) is 7.71. The van der Waals surface area contributed by atoms with Crippen LogP contribution in [0.15, 0.2) is 24.3 Å². The van der Waals surface area contributed by atoms with E-state index < -0.39 is 11.5 Å². The molecule has 3 rings (SSSR count). The Hall–Kier alpha value is -1.49. The van der Waals surface area contributed by atoms with Crippen molar-refractivity contribution in [3.05, 3.63) is 30.0 Å². The van der Waals surface area contributed by atoms with E-state index in [-0.39, 0.29) is 12.8 Å². The van der Waals surface area contributed by atoms with Gasteiger partial charge in [-0.1, -0.05) is 18.2 Å². The molecule has 2 aromatic rings. The predicted octanol–water partition coefficient (Wildman–Crippen LogP) is 2.94. The van der Waals surface area contributed by atoms with Crippen LogP contribution in [0.5, 0.6) is 0 Å². The molecule has 0 aliphatic heterocycles. The molecular formula is C14H17F2N3. The summed E-state index contributed by atoms with van der Waals surface area (Å²) in [4.78, 5) is 0. The van der Waals surface area contributed by atoms with Crippen molar-refractivity contribution in [3.8, 4) is 0 Å². The first-order valence-corrected chi connectivity index (χ1v) is 6.50. The Morgan fingerprint density at radius 3 is 2.47 bits per heavy atom. The molecule has 19 heavy (non-hydrogen) atoms. The molecule has 102 valence electrons. The van der Waals surface area contributed by atoms with Crippen LogP contribution in [0.25, 0.3) is 10.9 Å². The van der Waals surface area contributed by atoms with E-state index in [4.69, 9.17) is 5.73 Å². The lowest BCUT2D eigenvalue weighted by molar-refractivity contribution is -0.0521. The second-order valence-electron chi connectivity index (χ2n) is 5.50. The van der Waals surface area contributed by atoms with Gasteiger partial charge in [-0.25, -0.2) is 8.78 Å². The molecule has 0 spiro atoms. The molecule has 1 aliphatic rings. The number of rotatable bonds is 1. The second-order valence-corrected chi connectivity index (χ2v) is 5.50. The van der Waals surface area contributed by atoms with E-state index in [9.17, 15) is 8.78 Å². The highest BCUT2D eigenvalue weighted by molar-refractivity contribution is 5.82. The van der Waals surface area contributed by atoms with Crippen molar-refractivity contribution in [2.24, 2.45) is 12.8 Å². The smallest absolute Gasteiger partial charge is 0.248 e. The van der Waals surface area contributed by atoms with Crippen molar-refractivity contribution in [2.75, 3.05) is 0 Å². The van der Waals surface area contributed by atoms with Crippen LogP contribution in [-0.4, -0.2) is 15.7 Å². The van der Waals surface area contributed by atoms with Crippen LogP contribution < -0.4 is 5.73 Å². The van der Waals surface area contributed by atoms with Crippen LogP contribution in [0.4, 0.5) is 8.78 Å². The fraction of sp³-hybridized carbons (Fsp3) is 0.500. The van der Waals surface area contributed by atoms with Crippen LogP contribution in [0.3, 0.4) is 0 Å². The summed E-state index contributed by atoms with van der Waals surface area (Å²) < 4.78 is 28.4. The first kappa shape index (κ1) is 12.5. The summed E-state index contributed by atoms with van der Waals surface area (Å²) in [5, 5.41) is 5.39. The topological polar surface area (TPSA) is 43.8 Å². The minimum Gasteiger partial charge on any atom is -0.320 e. The van der Waals surface area contributed by atoms with Gasteiger partial charge in [-0.3, -0.25) is 4.68 Å². The highest BCUT2D eigenvalue weighted by atomic mass is 19.3. The molecule has 1 heterocycles. The maximum absolute atomic E-state index is 13.3. The van der Waals surface area contributed by atoms with Crippen molar-refractivity contribution in [3.63, 3.8) is 0 Å². The molecule has 0 bridgehead atoms. The van der Waals surface area contributed by atoms with Crippen molar-refractivity contribution < 1.29 is 8.78 Å². The Morgan fingerprint density at radius 2 is 1.79 bits per heavy atom. The van der Waals surface area contributed by atoms with Crippen LogP contribution in [0.2, 0.25) is 0 Å². The number of fused-ring (bicyclic) bond motifs is 1. The Bertz CT molecular complexity index is 608. The van der Waals surface area contributed by atoms with Gasteiger partial charge in [0.2, 0.25) is 5.92 Å². The highest BCUT2D eigenvalue weighted by Gasteiger charge is 2.44. The SMILES string of the molecule is Cn1nc2ccccc2c1C1(N)CCC(F)(F)CC1. The van der Waals surface area contributed by atoms with Gasteiger partial charge in [-0.15, -0.1) is 0 Å².